The Hall–Kier alpha value is -2.36. The minimum absolute atomic E-state index is 0.00674. The van der Waals surface area contributed by atoms with Crippen LogP contribution >= 0.6 is 11.3 Å². The van der Waals surface area contributed by atoms with Crippen LogP contribution in [0.5, 0.6) is 5.88 Å². The van der Waals surface area contributed by atoms with Crippen molar-refractivity contribution < 1.29 is 19.5 Å². The van der Waals surface area contributed by atoms with Crippen LogP contribution in [0.1, 0.15) is 31.1 Å². The molecule has 0 aliphatic carbocycles. The topological polar surface area (TPSA) is 114 Å². The molecule has 0 bridgehead atoms. The summed E-state index contributed by atoms with van der Waals surface area (Å²) in [5, 5.41) is 9.71. The van der Waals surface area contributed by atoms with Crippen molar-refractivity contribution in [2.45, 2.75) is 38.6 Å². The summed E-state index contributed by atoms with van der Waals surface area (Å²) in [7, 11) is 0. The average molecular weight is 423 g/mol. The Morgan fingerprint density at radius 2 is 1.93 bits per heavy atom. The first kappa shape index (κ1) is 19.9. The largest absolute Gasteiger partial charge is 0.494 e. The summed E-state index contributed by atoms with van der Waals surface area (Å²) in [5.41, 5.74) is 0. The molecule has 10 heteroatoms. The Kier molecular flexibility index (Phi) is 5.37. The number of aromatic hydroxyl groups is 1. The summed E-state index contributed by atoms with van der Waals surface area (Å²) in [6, 6.07) is -0.00879. The third-order valence-corrected chi connectivity index (χ3v) is 7.28. The number of aromatic nitrogens is 1. The molecule has 3 fully saturated rings. The van der Waals surface area contributed by atoms with Gasteiger partial charge in [-0.05, 0) is 19.3 Å². The molecule has 3 aliphatic rings. The van der Waals surface area contributed by atoms with Crippen LogP contribution in [0.25, 0.3) is 0 Å². The first-order chi connectivity index (χ1) is 13.8. The molecular formula is C19H26N4O5S. The minimum Gasteiger partial charge on any atom is -0.494 e. The molecular weight excluding hydrogens is 396 g/mol. The number of hydrogen-bond acceptors (Lipinski definition) is 6. The van der Waals surface area contributed by atoms with Crippen molar-refractivity contribution in [3.8, 4) is 5.88 Å². The van der Waals surface area contributed by atoms with E-state index in [0.29, 0.717) is 43.5 Å². The van der Waals surface area contributed by atoms with E-state index < -0.39 is 0 Å². The molecule has 1 unspecified atom stereocenters. The van der Waals surface area contributed by atoms with Gasteiger partial charge in [0.05, 0.1) is 23.3 Å². The van der Waals surface area contributed by atoms with Gasteiger partial charge in [-0.3, -0.25) is 24.2 Å². The van der Waals surface area contributed by atoms with E-state index in [1.165, 1.54) is 6.92 Å². The second kappa shape index (κ2) is 7.81. The number of carbonyl (C=O) groups excluding carboxylic acids is 3. The van der Waals surface area contributed by atoms with Crippen molar-refractivity contribution in [3.05, 3.63) is 14.5 Å². The van der Waals surface area contributed by atoms with Gasteiger partial charge in [-0.25, -0.2) is 0 Å². The number of carbonyl (C=O) groups is 3. The second-order valence-electron chi connectivity index (χ2n) is 8.21. The molecule has 3 atom stereocenters. The van der Waals surface area contributed by atoms with E-state index in [1.807, 2.05) is 4.90 Å². The standard InChI is InChI=1S/C19H26N4O5S/c1-11(24)21-5-2-3-13(8-21)18(27)22-6-4-12-9-23(14(12)10-22)16(25)7-15-17(26)20-19(28)29-15/h12-14,26H,2-10H2,1H3,(H,20,28)/t12-,13?,14-/m1/s1. The number of aromatic amines is 1. The van der Waals surface area contributed by atoms with Crippen molar-refractivity contribution in [2.24, 2.45) is 11.8 Å². The van der Waals surface area contributed by atoms with Crippen molar-refractivity contribution in [1.82, 2.24) is 19.7 Å². The Labute approximate surface area is 172 Å². The molecule has 0 radical (unpaired) electrons. The summed E-state index contributed by atoms with van der Waals surface area (Å²) >= 11 is 0.845. The molecule has 4 heterocycles. The molecule has 2 N–H and O–H groups in total. The zero-order valence-corrected chi connectivity index (χ0v) is 17.2. The van der Waals surface area contributed by atoms with Gasteiger partial charge in [-0.1, -0.05) is 11.3 Å². The number of thiazole rings is 1. The number of amides is 3. The maximum absolute atomic E-state index is 13.0. The van der Waals surface area contributed by atoms with E-state index in [1.54, 1.807) is 9.80 Å². The monoisotopic (exact) mass is 422 g/mol. The highest BCUT2D eigenvalue weighted by atomic mass is 32.1. The number of hydrogen-bond donors (Lipinski definition) is 2. The zero-order chi connectivity index (χ0) is 20.7. The number of nitrogens with one attached hydrogen (secondary N) is 1. The van der Waals surface area contributed by atoms with Gasteiger partial charge in [0.1, 0.15) is 0 Å². The molecule has 1 aromatic rings. The van der Waals surface area contributed by atoms with E-state index in [9.17, 15) is 24.3 Å². The molecule has 9 nitrogen and oxygen atoms in total. The van der Waals surface area contributed by atoms with Crippen LogP contribution in [0.15, 0.2) is 4.79 Å². The van der Waals surface area contributed by atoms with E-state index in [2.05, 4.69) is 4.98 Å². The number of H-pyrrole nitrogens is 1. The van der Waals surface area contributed by atoms with Gasteiger partial charge >= 0.3 is 4.87 Å². The molecule has 3 aliphatic heterocycles. The number of likely N-dealkylation sites (tertiary alicyclic amines) is 3. The maximum Gasteiger partial charge on any atom is 0.307 e. The lowest BCUT2D eigenvalue weighted by Crippen LogP contribution is -2.67. The molecule has 29 heavy (non-hydrogen) atoms. The van der Waals surface area contributed by atoms with Crippen LogP contribution in [0.3, 0.4) is 0 Å². The fraction of sp³-hybridized carbons (Fsp3) is 0.684. The third-order valence-electron chi connectivity index (χ3n) is 6.41. The van der Waals surface area contributed by atoms with Gasteiger partial charge in [0.25, 0.3) is 0 Å². The van der Waals surface area contributed by atoms with Gasteiger partial charge in [0, 0.05) is 45.6 Å². The van der Waals surface area contributed by atoms with Gasteiger partial charge in [0.15, 0.2) is 0 Å². The maximum atomic E-state index is 13.0. The fourth-order valence-electron chi connectivity index (χ4n) is 4.72. The molecule has 3 amide bonds. The van der Waals surface area contributed by atoms with Crippen LogP contribution in [-0.2, 0) is 20.8 Å². The summed E-state index contributed by atoms with van der Waals surface area (Å²) in [6.07, 6.45) is 2.49. The molecule has 0 spiro atoms. The molecule has 0 aromatic carbocycles. The highest BCUT2D eigenvalue weighted by Crippen LogP contribution is 2.34. The van der Waals surface area contributed by atoms with Crippen molar-refractivity contribution >= 4 is 29.1 Å². The molecule has 4 rings (SSSR count). The van der Waals surface area contributed by atoms with E-state index >= 15 is 0 Å². The van der Waals surface area contributed by atoms with Crippen LogP contribution in [0, 0.1) is 11.8 Å². The zero-order valence-electron chi connectivity index (χ0n) is 16.4. The van der Waals surface area contributed by atoms with Crippen molar-refractivity contribution in [2.75, 3.05) is 32.7 Å². The smallest absolute Gasteiger partial charge is 0.307 e. The number of rotatable bonds is 3. The van der Waals surface area contributed by atoms with Crippen LogP contribution < -0.4 is 4.87 Å². The molecule has 158 valence electrons. The lowest BCUT2D eigenvalue weighted by atomic mass is 9.81. The summed E-state index contributed by atoms with van der Waals surface area (Å²) in [5.74, 6) is -0.0589. The van der Waals surface area contributed by atoms with Gasteiger partial charge in [0.2, 0.25) is 23.6 Å². The second-order valence-corrected chi connectivity index (χ2v) is 9.28. The van der Waals surface area contributed by atoms with E-state index in [-0.39, 0.29) is 46.9 Å². The van der Waals surface area contributed by atoms with E-state index in [4.69, 9.17) is 0 Å². The molecule has 0 saturated carbocycles. The van der Waals surface area contributed by atoms with Crippen LogP contribution in [-0.4, -0.2) is 81.3 Å². The average Bonchev–Trinajstić information content (AvgIpc) is 2.99. The van der Waals surface area contributed by atoms with Crippen LogP contribution in [0.4, 0.5) is 0 Å². The van der Waals surface area contributed by atoms with Gasteiger partial charge < -0.3 is 19.8 Å². The quantitative estimate of drug-likeness (QED) is 0.712. The number of piperidine rings is 2. The van der Waals surface area contributed by atoms with Gasteiger partial charge in [-0.15, -0.1) is 0 Å². The lowest BCUT2D eigenvalue weighted by molar-refractivity contribution is -0.155. The fourth-order valence-corrected chi connectivity index (χ4v) is 5.43. The first-order valence-corrected chi connectivity index (χ1v) is 10.9. The Bertz CT molecular complexity index is 880. The Balaban J connectivity index is 1.37. The summed E-state index contributed by atoms with van der Waals surface area (Å²) < 4.78 is 0. The molecule has 3 saturated heterocycles. The van der Waals surface area contributed by atoms with Crippen molar-refractivity contribution in [3.63, 3.8) is 0 Å². The van der Waals surface area contributed by atoms with Crippen molar-refractivity contribution in [1.29, 1.82) is 0 Å². The normalized spacial score (nSPS) is 26.7. The number of fused-ring (bicyclic) bond motifs is 1. The molecule has 1 aromatic heterocycles. The minimum atomic E-state index is -0.381. The SMILES string of the molecule is CC(=O)N1CCCC(C(=O)N2CC[C@@H]3CN(C(=O)Cc4sc(=O)[nH]c4O)[C@@H]3C2)C1. The van der Waals surface area contributed by atoms with Gasteiger partial charge in [-0.2, -0.15) is 0 Å². The lowest BCUT2D eigenvalue weighted by Gasteiger charge is -2.54. The highest BCUT2D eigenvalue weighted by Gasteiger charge is 2.46. The highest BCUT2D eigenvalue weighted by molar-refractivity contribution is 7.09. The van der Waals surface area contributed by atoms with Crippen LogP contribution in [0.2, 0.25) is 0 Å². The number of nitrogens with zero attached hydrogens (tertiary/aromatic N) is 3. The first-order valence-electron chi connectivity index (χ1n) is 10.1. The summed E-state index contributed by atoms with van der Waals surface area (Å²) in [4.78, 5) is 56.3. The third kappa shape index (κ3) is 3.90. The van der Waals surface area contributed by atoms with E-state index in [0.717, 1.165) is 30.6 Å². The summed E-state index contributed by atoms with van der Waals surface area (Å²) in [6.45, 7) is 4.60. The predicted octanol–water partition coefficient (Wildman–Crippen LogP) is 0.00230. The predicted molar refractivity (Wildman–Crippen MR) is 105 cm³/mol. The Morgan fingerprint density at radius 3 is 2.62 bits per heavy atom. The Morgan fingerprint density at radius 1 is 1.14 bits per heavy atom.